The molecule has 0 radical (unpaired) electrons. The highest BCUT2D eigenvalue weighted by molar-refractivity contribution is 6.31. The van der Waals surface area contributed by atoms with Crippen molar-refractivity contribution in [2.75, 3.05) is 18.6 Å². The van der Waals surface area contributed by atoms with Gasteiger partial charge in [-0.3, -0.25) is 9.59 Å². The number of hydrogen-bond donors (Lipinski definition) is 1. The van der Waals surface area contributed by atoms with Crippen molar-refractivity contribution >= 4 is 34.9 Å². The van der Waals surface area contributed by atoms with Gasteiger partial charge in [-0.25, -0.2) is 18.2 Å². The van der Waals surface area contributed by atoms with Crippen molar-refractivity contribution in [1.29, 1.82) is 0 Å². The Morgan fingerprint density at radius 3 is 2.52 bits per heavy atom. The lowest BCUT2D eigenvalue weighted by atomic mass is 10.1. The number of Topliss-reactive ketones (excluding diaryl/α,β-unsaturated/α-hetero) is 1. The number of carboxylic acids is 1. The molecule has 0 aliphatic heterocycles. The van der Waals surface area contributed by atoms with Gasteiger partial charge in [0.15, 0.2) is 17.3 Å². The highest BCUT2D eigenvalue weighted by Gasteiger charge is 2.49. The Bertz CT molecular complexity index is 1050. The largest absolute Gasteiger partial charge is 0.481 e. The Kier molecular flexibility index (Phi) is 6.13. The topological polar surface area (TPSA) is 92.6 Å². The molecule has 1 heterocycles. The number of carbonyl (C=O) groups excluding carboxylic acids is 1. The third kappa shape index (κ3) is 4.90. The number of ketones is 1. The summed E-state index contributed by atoms with van der Waals surface area (Å²) in [4.78, 5) is 32.9. The van der Waals surface area contributed by atoms with Crippen LogP contribution in [0.25, 0.3) is 0 Å². The van der Waals surface area contributed by atoms with Crippen LogP contribution < -0.4 is 9.64 Å². The molecule has 0 unspecified atom stereocenters. The van der Waals surface area contributed by atoms with Crippen molar-refractivity contribution in [2.24, 2.45) is 11.8 Å². The number of hydrogen-bond acceptors (Lipinski definition) is 6. The summed E-state index contributed by atoms with van der Waals surface area (Å²) >= 11 is 5.78. The van der Waals surface area contributed by atoms with Crippen LogP contribution in [0.1, 0.15) is 30.8 Å². The lowest BCUT2D eigenvalue weighted by molar-refractivity contribution is -0.138. The molecule has 7 nitrogen and oxygen atoms in total. The Hall–Kier alpha value is -2.88. The van der Waals surface area contributed by atoms with Gasteiger partial charge in [-0.15, -0.1) is 0 Å². The molecule has 11 heteroatoms. The molecular formula is C20H19ClF3N3O4. The van der Waals surface area contributed by atoms with E-state index >= 15 is 0 Å². The Balaban J connectivity index is 2.03. The average Bonchev–Trinajstić information content (AvgIpc) is 3.48. The van der Waals surface area contributed by atoms with Gasteiger partial charge >= 0.3 is 5.97 Å². The number of nitrogens with zero attached hydrogens (tertiary/aromatic N) is 3. The minimum absolute atomic E-state index is 0.0775. The summed E-state index contributed by atoms with van der Waals surface area (Å²) in [6, 6.07) is 1.56. The molecule has 31 heavy (non-hydrogen) atoms. The van der Waals surface area contributed by atoms with Gasteiger partial charge in [-0.05, 0) is 26.3 Å². The number of carbonyl (C=O) groups is 2. The molecule has 1 saturated carbocycles. The lowest BCUT2D eigenvalue weighted by Crippen LogP contribution is -2.34. The Morgan fingerprint density at radius 2 is 1.97 bits per heavy atom. The molecule has 1 aliphatic rings. The number of anilines is 2. The van der Waals surface area contributed by atoms with Gasteiger partial charge < -0.3 is 14.7 Å². The van der Waals surface area contributed by atoms with Gasteiger partial charge in [-0.2, -0.15) is 4.98 Å². The molecule has 1 aromatic heterocycles. The summed E-state index contributed by atoms with van der Waals surface area (Å²) in [6.07, 6.45) is 1.29. The van der Waals surface area contributed by atoms with Gasteiger partial charge in [0.1, 0.15) is 17.3 Å². The fourth-order valence-corrected chi connectivity index (χ4v) is 3.28. The summed E-state index contributed by atoms with van der Waals surface area (Å²) in [5.41, 5.74) is -2.27. The second kappa shape index (κ2) is 8.33. The van der Waals surface area contributed by atoms with Gasteiger partial charge in [0.05, 0.1) is 36.5 Å². The van der Waals surface area contributed by atoms with E-state index in [9.17, 15) is 22.8 Å². The van der Waals surface area contributed by atoms with Gasteiger partial charge in [0, 0.05) is 12.0 Å². The third-order valence-electron chi connectivity index (χ3n) is 4.69. The quantitative estimate of drug-likeness (QED) is 0.469. The van der Waals surface area contributed by atoms with Crippen LogP contribution in [0, 0.1) is 23.5 Å². The van der Waals surface area contributed by atoms with Crippen LogP contribution in [0.2, 0.25) is 5.02 Å². The van der Waals surface area contributed by atoms with Crippen LogP contribution in [0.5, 0.6) is 5.88 Å². The SMILES string of the molecule is COc1nc(N(CC(C)(C)F)c2cc(Cl)c(F)cc2F)cnc1C(=O)[C@H]1C[C@H]1C(=O)O. The molecule has 166 valence electrons. The smallest absolute Gasteiger partial charge is 0.307 e. The number of rotatable bonds is 8. The second-order valence-corrected chi connectivity index (χ2v) is 8.17. The highest BCUT2D eigenvalue weighted by atomic mass is 35.5. The van der Waals surface area contributed by atoms with Crippen molar-refractivity contribution in [2.45, 2.75) is 25.9 Å². The average molecular weight is 458 g/mol. The van der Waals surface area contributed by atoms with E-state index in [4.69, 9.17) is 21.4 Å². The zero-order valence-electron chi connectivity index (χ0n) is 16.8. The van der Waals surface area contributed by atoms with Crippen LogP contribution in [-0.4, -0.2) is 46.2 Å². The van der Waals surface area contributed by atoms with Gasteiger partial charge in [-0.1, -0.05) is 11.6 Å². The zero-order chi connectivity index (χ0) is 23.1. The molecule has 0 spiro atoms. The molecule has 3 rings (SSSR count). The van der Waals surface area contributed by atoms with E-state index < -0.39 is 47.4 Å². The zero-order valence-corrected chi connectivity index (χ0v) is 17.6. The number of methoxy groups -OCH3 is 1. The first-order chi connectivity index (χ1) is 14.4. The summed E-state index contributed by atoms with van der Waals surface area (Å²) in [5, 5.41) is 8.65. The van der Waals surface area contributed by atoms with Crippen molar-refractivity contribution in [3.63, 3.8) is 0 Å². The van der Waals surface area contributed by atoms with Crippen molar-refractivity contribution in [3.05, 3.63) is 40.7 Å². The van der Waals surface area contributed by atoms with E-state index in [0.717, 1.165) is 17.2 Å². The van der Waals surface area contributed by atoms with Crippen LogP contribution in [0.4, 0.5) is 24.7 Å². The van der Waals surface area contributed by atoms with Crippen LogP contribution in [0.3, 0.4) is 0 Å². The summed E-state index contributed by atoms with van der Waals surface area (Å²) in [6.45, 7) is 2.11. The number of aromatic nitrogens is 2. The molecular weight excluding hydrogens is 439 g/mol. The predicted molar refractivity (Wildman–Crippen MR) is 106 cm³/mol. The summed E-state index contributed by atoms with van der Waals surface area (Å²) < 4.78 is 47.7. The Labute approximate surface area is 180 Å². The predicted octanol–water partition coefficient (Wildman–Crippen LogP) is 4.21. The normalized spacial score (nSPS) is 17.9. The monoisotopic (exact) mass is 457 g/mol. The highest BCUT2D eigenvalue weighted by Crippen LogP contribution is 2.42. The first-order valence-corrected chi connectivity index (χ1v) is 9.59. The number of aliphatic carboxylic acids is 1. The molecule has 0 saturated heterocycles. The molecule has 1 N–H and O–H groups in total. The van der Waals surface area contributed by atoms with E-state index in [0.29, 0.717) is 6.07 Å². The minimum Gasteiger partial charge on any atom is -0.481 e. The second-order valence-electron chi connectivity index (χ2n) is 7.76. The summed E-state index contributed by atoms with van der Waals surface area (Å²) in [5.74, 6) is -5.45. The van der Waals surface area contributed by atoms with Crippen molar-refractivity contribution in [1.82, 2.24) is 9.97 Å². The number of carboxylic acid groups (broad SMARTS) is 1. The molecule has 1 aromatic carbocycles. The maximum atomic E-state index is 14.5. The van der Waals surface area contributed by atoms with Gasteiger partial charge in [0.25, 0.3) is 0 Å². The van der Waals surface area contributed by atoms with Crippen LogP contribution in [0.15, 0.2) is 18.3 Å². The fourth-order valence-electron chi connectivity index (χ4n) is 3.12. The van der Waals surface area contributed by atoms with Crippen LogP contribution >= 0.6 is 11.6 Å². The lowest BCUT2D eigenvalue weighted by Gasteiger charge is -2.29. The summed E-state index contributed by atoms with van der Waals surface area (Å²) in [7, 11) is 1.23. The van der Waals surface area contributed by atoms with E-state index in [2.05, 4.69) is 9.97 Å². The third-order valence-corrected chi connectivity index (χ3v) is 4.98. The van der Waals surface area contributed by atoms with Gasteiger partial charge in [0.2, 0.25) is 5.88 Å². The minimum atomic E-state index is -1.83. The first-order valence-electron chi connectivity index (χ1n) is 9.22. The maximum absolute atomic E-state index is 14.5. The number of alkyl halides is 1. The van der Waals surface area contributed by atoms with Crippen molar-refractivity contribution in [3.8, 4) is 5.88 Å². The number of benzene rings is 1. The molecule has 0 amide bonds. The molecule has 2 atom stereocenters. The fraction of sp³-hybridized carbons (Fsp3) is 0.400. The van der Waals surface area contributed by atoms with E-state index in [1.165, 1.54) is 21.0 Å². The van der Waals surface area contributed by atoms with Crippen molar-refractivity contribution < 1.29 is 32.6 Å². The maximum Gasteiger partial charge on any atom is 0.307 e. The van der Waals surface area contributed by atoms with E-state index in [1.54, 1.807) is 0 Å². The molecule has 2 aromatic rings. The van der Waals surface area contributed by atoms with E-state index in [-0.39, 0.29) is 34.5 Å². The standard InChI is InChI=1S/C20H19ClF3N3O4/c1-20(2,24)8-27(14-5-11(21)12(22)6-13(14)23)15-7-25-16(18(26-15)31-3)17(28)9-4-10(9)19(29)30/h5-7,9-10H,4,8H2,1-3H3,(H,29,30)/t9-,10+/m0/s1. The Morgan fingerprint density at radius 1 is 1.29 bits per heavy atom. The molecule has 1 aliphatic carbocycles. The van der Waals surface area contributed by atoms with Crippen LogP contribution in [-0.2, 0) is 4.79 Å². The number of ether oxygens (including phenoxy) is 1. The van der Waals surface area contributed by atoms with E-state index in [1.807, 2.05) is 0 Å². The first kappa shape index (κ1) is 22.8. The molecule has 1 fully saturated rings. The number of halogens is 4. The molecule has 0 bridgehead atoms.